The topological polar surface area (TPSA) is 54.9 Å². The smallest absolute Gasteiger partial charge is 0.268 e. The third-order valence-electron chi connectivity index (χ3n) is 3.76. The van der Waals surface area contributed by atoms with Crippen LogP contribution in [0.4, 0.5) is 5.82 Å². The van der Waals surface area contributed by atoms with Crippen LogP contribution >= 0.6 is 11.3 Å². The Kier molecular flexibility index (Phi) is 4.68. The van der Waals surface area contributed by atoms with Crippen LogP contribution in [0, 0.1) is 6.92 Å². The van der Waals surface area contributed by atoms with Crippen LogP contribution in [0.3, 0.4) is 0 Å². The first-order valence-electron chi connectivity index (χ1n) is 8.15. The highest BCUT2D eigenvalue weighted by atomic mass is 32.1. The molecule has 0 atom stereocenters. The van der Waals surface area contributed by atoms with E-state index in [9.17, 15) is 4.79 Å². The number of thiazole rings is 1. The number of nitrogens with zero attached hydrogens (tertiary/aromatic N) is 2. The number of anilines is 1. The first kappa shape index (κ1) is 17.3. The fourth-order valence-electron chi connectivity index (χ4n) is 2.37. The molecule has 4 nitrogen and oxygen atoms in total. The summed E-state index contributed by atoms with van der Waals surface area (Å²) in [6.45, 7) is 8.15. The predicted molar refractivity (Wildman–Crippen MR) is 103 cm³/mol. The van der Waals surface area contributed by atoms with Crippen LogP contribution in [0.1, 0.15) is 41.1 Å². The first-order chi connectivity index (χ1) is 11.8. The number of rotatable bonds is 3. The maximum absolute atomic E-state index is 12.5. The van der Waals surface area contributed by atoms with Gasteiger partial charge >= 0.3 is 0 Å². The molecule has 1 aromatic carbocycles. The van der Waals surface area contributed by atoms with Crippen LogP contribution < -0.4 is 5.32 Å². The van der Waals surface area contributed by atoms with Crippen molar-refractivity contribution in [2.45, 2.75) is 33.1 Å². The Balaban J connectivity index is 1.77. The van der Waals surface area contributed by atoms with Gasteiger partial charge in [0.1, 0.15) is 10.7 Å². The molecule has 0 unspecified atom stereocenters. The lowest BCUT2D eigenvalue weighted by Gasteiger charge is -2.13. The van der Waals surface area contributed by atoms with Gasteiger partial charge in [0.25, 0.3) is 5.91 Å². The Labute approximate surface area is 152 Å². The monoisotopic (exact) mass is 351 g/mol. The fourth-order valence-corrected chi connectivity index (χ4v) is 3.39. The summed E-state index contributed by atoms with van der Waals surface area (Å²) in [4.78, 5) is 22.1. The minimum atomic E-state index is -0.162. The minimum absolute atomic E-state index is 0.0659. The molecule has 128 valence electrons. The summed E-state index contributed by atoms with van der Waals surface area (Å²) in [7, 11) is 0. The molecule has 25 heavy (non-hydrogen) atoms. The maximum atomic E-state index is 12.5. The summed E-state index contributed by atoms with van der Waals surface area (Å²) < 4.78 is 0. The van der Waals surface area contributed by atoms with Gasteiger partial charge in [0.15, 0.2) is 0 Å². The lowest BCUT2D eigenvalue weighted by molar-refractivity contribution is 0.102. The third kappa shape index (κ3) is 3.94. The second kappa shape index (κ2) is 6.76. The van der Waals surface area contributed by atoms with E-state index in [0.717, 1.165) is 21.8 Å². The van der Waals surface area contributed by atoms with Crippen LogP contribution in [0.25, 0.3) is 11.1 Å². The summed E-state index contributed by atoms with van der Waals surface area (Å²) >= 11 is 1.44. The molecule has 0 aliphatic rings. The van der Waals surface area contributed by atoms with Crippen molar-refractivity contribution in [3.8, 4) is 11.1 Å². The zero-order valence-electron chi connectivity index (χ0n) is 14.8. The molecule has 2 aromatic heterocycles. The first-order valence-corrected chi connectivity index (χ1v) is 8.97. The van der Waals surface area contributed by atoms with Crippen molar-refractivity contribution in [2.24, 2.45) is 0 Å². The molecule has 0 fully saturated rings. The number of benzene rings is 1. The van der Waals surface area contributed by atoms with Crippen LogP contribution in [0.5, 0.6) is 0 Å². The lowest BCUT2D eigenvalue weighted by Crippen LogP contribution is -2.12. The summed E-state index contributed by atoms with van der Waals surface area (Å²) in [5.41, 5.74) is 2.81. The number of nitrogens with one attached hydrogen (secondary N) is 1. The number of aryl methyl sites for hydroxylation is 1. The van der Waals surface area contributed by atoms with Gasteiger partial charge < -0.3 is 5.32 Å². The van der Waals surface area contributed by atoms with Crippen molar-refractivity contribution in [2.75, 3.05) is 5.32 Å². The molecule has 5 heteroatoms. The molecule has 0 saturated heterocycles. The fraction of sp³-hybridized carbons (Fsp3) is 0.250. The zero-order valence-corrected chi connectivity index (χ0v) is 15.6. The average molecular weight is 351 g/mol. The molecule has 0 radical (unpaired) electrons. The van der Waals surface area contributed by atoms with Crippen LogP contribution in [0.2, 0.25) is 0 Å². The summed E-state index contributed by atoms with van der Waals surface area (Å²) in [5.74, 6) is 0.375. The largest absolute Gasteiger partial charge is 0.306 e. The van der Waals surface area contributed by atoms with Gasteiger partial charge in [0.05, 0.1) is 10.7 Å². The number of hydrogen-bond donors (Lipinski definition) is 1. The Morgan fingerprint density at radius 3 is 2.32 bits per heavy atom. The van der Waals surface area contributed by atoms with Gasteiger partial charge in [-0.25, -0.2) is 9.97 Å². The van der Waals surface area contributed by atoms with Gasteiger partial charge in [-0.15, -0.1) is 11.3 Å². The van der Waals surface area contributed by atoms with E-state index in [2.05, 4.69) is 36.1 Å². The molecular formula is C20H21N3OS. The molecule has 0 aliphatic carbocycles. The van der Waals surface area contributed by atoms with Gasteiger partial charge in [0.2, 0.25) is 0 Å². The Bertz CT molecular complexity index is 878. The molecule has 3 aromatic rings. The van der Waals surface area contributed by atoms with E-state index >= 15 is 0 Å². The number of amides is 1. The summed E-state index contributed by atoms with van der Waals surface area (Å²) in [6, 6.07) is 13.8. The second-order valence-corrected chi connectivity index (χ2v) is 7.93. The average Bonchev–Trinajstić information content (AvgIpc) is 2.99. The number of carbonyl (C=O) groups excluding carboxylic acids is 1. The second-order valence-electron chi connectivity index (χ2n) is 6.94. The number of hydrogen-bond acceptors (Lipinski definition) is 4. The van der Waals surface area contributed by atoms with E-state index in [4.69, 9.17) is 0 Å². The van der Waals surface area contributed by atoms with Crippen molar-refractivity contribution < 1.29 is 4.79 Å². The number of carbonyl (C=O) groups is 1. The van der Waals surface area contributed by atoms with E-state index in [1.165, 1.54) is 11.3 Å². The van der Waals surface area contributed by atoms with Crippen molar-refractivity contribution in [1.82, 2.24) is 9.97 Å². The van der Waals surface area contributed by atoms with E-state index < -0.39 is 0 Å². The van der Waals surface area contributed by atoms with Crippen molar-refractivity contribution in [3.63, 3.8) is 0 Å². The highest BCUT2D eigenvalue weighted by Gasteiger charge is 2.23. The molecule has 2 heterocycles. The molecular weight excluding hydrogens is 330 g/mol. The minimum Gasteiger partial charge on any atom is -0.306 e. The Hall–Kier alpha value is -2.53. The standard InChI is InChI=1S/C20H21N3OS/c1-13-17(25-19(22-13)20(2,3)4)18(24)23-16-11-10-15(12-21-16)14-8-6-5-7-9-14/h5-12H,1-4H3,(H,21,23,24). The highest BCUT2D eigenvalue weighted by molar-refractivity contribution is 7.14. The van der Waals surface area contributed by atoms with Crippen LogP contribution in [0.15, 0.2) is 48.7 Å². The molecule has 3 rings (SSSR count). The number of aromatic nitrogens is 2. The van der Waals surface area contributed by atoms with Crippen molar-refractivity contribution in [3.05, 3.63) is 64.2 Å². The molecule has 1 N–H and O–H groups in total. The highest BCUT2D eigenvalue weighted by Crippen LogP contribution is 2.29. The van der Waals surface area contributed by atoms with Gasteiger partial charge in [-0.05, 0) is 24.6 Å². The maximum Gasteiger partial charge on any atom is 0.268 e. The van der Waals surface area contributed by atoms with Crippen molar-refractivity contribution in [1.29, 1.82) is 0 Å². The molecule has 0 aliphatic heterocycles. The Morgan fingerprint density at radius 2 is 1.76 bits per heavy atom. The molecule has 0 saturated carbocycles. The van der Waals surface area contributed by atoms with E-state index in [1.807, 2.05) is 49.4 Å². The van der Waals surface area contributed by atoms with Gasteiger partial charge in [-0.1, -0.05) is 51.1 Å². The van der Waals surface area contributed by atoms with Gasteiger partial charge in [0, 0.05) is 17.2 Å². The van der Waals surface area contributed by atoms with Gasteiger partial charge in [-0.3, -0.25) is 4.79 Å². The van der Waals surface area contributed by atoms with E-state index in [0.29, 0.717) is 10.7 Å². The third-order valence-corrected chi connectivity index (χ3v) is 5.34. The van der Waals surface area contributed by atoms with E-state index in [-0.39, 0.29) is 11.3 Å². The van der Waals surface area contributed by atoms with Gasteiger partial charge in [-0.2, -0.15) is 0 Å². The normalized spacial score (nSPS) is 11.4. The molecule has 0 bridgehead atoms. The summed E-state index contributed by atoms with van der Waals surface area (Å²) in [6.07, 6.45) is 1.77. The Morgan fingerprint density at radius 1 is 1.04 bits per heavy atom. The lowest BCUT2D eigenvalue weighted by atomic mass is 9.98. The van der Waals surface area contributed by atoms with Crippen molar-refractivity contribution >= 4 is 23.1 Å². The summed E-state index contributed by atoms with van der Waals surface area (Å²) in [5, 5.41) is 3.82. The quantitative estimate of drug-likeness (QED) is 0.717. The molecule has 0 spiro atoms. The van der Waals surface area contributed by atoms with Crippen LogP contribution in [-0.2, 0) is 5.41 Å². The molecule has 1 amide bonds. The zero-order chi connectivity index (χ0) is 18.0. The number of pyridine rings is 1. The van der Waals surface area contributed by atoms with E-state index in [1.54, 1.807) is 6.20 Å². The SMILES string of the molecule is Cc1nc(C(C)(C)C)sc1C(=O)Nc1ccc(-c2ccccc2)cn1. The van der Waals surface area contributed by atoms with Crippen LogP contribution in [-0.4, -0.2) is 15.9 Å². The predicted octanol–water partition coefficient (Wildman–Crippen LogP) is 5.06.